The third kappa shape index (κ3) is 22.1. The number of aryl methyl sites for hydroxylation is 1. The van der Waals surface area contributed by atoms with E-state index in [2.05, 4.69) is 10.6 Å². The Kier molecular flexibility index (Phi) is 24.9. The molecule has 3 N–H and O–H groups in total. The first-order valence-electron chi connectivity index (χ1n) is 20.8. The lowest BCUT2D eigenvalue weighted by Crippen LogP contribution is -2.32. The van der Waals surface area contributed by atoms with Gasteiger partial charge in [-0.2, -0.15) is 0 Å². The quantitative estimate of drug-likeness (QED) is 0.0704. The van der Waals surface area contributed by atoms with Crippen LogP contribution in [0.4, 0.5) is 11.4 Å². The van der Waals surface area contributed by atoms with E-state index in [1.54, 1.807) is 30.3 Å². The topological polar surface area (TPSA) is 191 Å². The molecule has 0 saturated heterocycles. The van der Waals surface area contributed by atoms with Crippen LogP contribution < -0.4 is 15.4 Å². The Hall–Kier alpha value is -4.78. The molecule has 0 saturated carbocycles. The lowest BCUT2D eigenvalue weighted by molar-refractivity contribution is -0.123. The van der Waals surface area contributed by atoms with Gasteiger partial charge in [0.1, 0.15) is 17.3 Å². The number of ketones is 1. The van der Waals surface area contributed by atoms with Crippen LogP contribution in [0, 0.1) is 0 Å². The van der Waals surface area contributed by atoms with E-state index in [-0.39, 0.29) is 36.4 Å². The van der Waals surface area contributed by atoms with Crippen molar-refractivity contribution in [1.29, 1.82) is 0 Å². The average Bonchev–Trinajstić information content (AvgIpc) is 3.44. The van der Waals surface area contributed by atoms with E-state index in [0.29, 0.717) is 153 Å². The van der Waals surface area contributed by atoms with E-state index in [1.807, 2.05) is 42.5 Å². The molecule has 0 spiro atoms. The maximum Gasteiger partial charge on any atom is 0.258 e. The number of aliphatic imine (C=N–C) groups is 1. The molecule has 4 rings (SSSR count). The van der Waals surface area contributed by atoms with Crippen LogP contribution in [0.25, 0.3) is 0 Å². The molecule has 1 aliphatic heterocycles. The number of phenolic OH excluding ortho intramolecular Hbond substituents is 1. The van der Waals surface area contributed by atoms with Crippen LogP contribution in [-0.4, -0.2) is 147 Å². The second-order valence-corrected chi connectivity index (χ2v) is 13.6. The standard InChI is InChI=1S/C45H61N3O13/c49-37(7-5-6-36-12-14-38(50)15-13-36)16-18-53-20-22-55-24-26-57-28-30-59-32-33-60-31-29-58-27-25-56-23-21-54-19-17-46-45(52)35-61-43-11-4-1-8-39(43)42-34-44(51)48-41-10-3-2-9-40(41)47-42/h1-4,8-15,50H,5-7,16-35H2,(H,46,52)(H,48,51). The van der Waals surface area contributed by atoms with Crippen LogP contribution in [0.5, 0.6) is 11.5 Å². The van der Waals surface area contributed by atoms with Gasteiger partial charge in [-0.05, 0) is 54.8 Å². The molecule has 0 unspecified atom stereocenters. The summed E-state index contributed by atoms with van der Waals surface area (Å²) in [5, 5.41) is 15.0. The fourth-order valence-corrected chi connectivity index (χ4v) is 5.76. The summed E-state index contributed by atoms with van der Waals surface area (Å²) in [4.78, 5) is 41.6. The molecular formula is C45H61N3O13. The Labute approximate surface area is 358 Å². The van der Waals surface area contributed by atoms with Crippen LogP contribution in [-0.2, 0) is 58.7 Å². The number of rotatable bonds is 35. The molecule has 3 aromatic rings. The Morgan fingerprint density at radius 2 is 1.15 bits per heavy atom. The third-order valence-electron chi connectivity index (χ3n) is 8.87. The normalized spacial score (nSPS) is 12.3. The lowest BCUT2D eigenvalue weighted by Gasteiger charge is -2.12. The minimum Gasteiger partial charge on any atom is -0.508 e. The first kappa shape index (κ1) is 48.9. The van der Waals surface area contributed by atoms with Crippen LogP contribution in [0.3, 0.4) is 0 Å². The second kappa shape index (κ2) is 31.1. The molecule has 0 aliphatic carbocycles. The fourth-order valence-electron chi connectivity index (χ4n) is 5.76. The highest BCUT2D eigenvalue weighted by Gasteiger charge is 2.20. The number of para-hydroxylation sites is 3. The number of hydrogen-bond acceptors (Lipinski definition) is 14. The molecule has 0 bridgehead atoms. The molecular weight excluding hydrogens is 791 g/mol. The van der Waals surface area contributed by atoms with Crippen molar-refractivity contribution in [2.75, 3.05) is 124 Å². The van der Waals surface area contributed by atoms with Gasteiger partial charge in [-0.3, -0.25) is 14.4 Å². The molecule has 0 radical (unpaired) electrons. The monoisotopic (exact) mass is 851 g/mol. The molecule has 0 fully saturated rings. The van der Waals surface area contributed by atoms with Crippen molar-refractivity contribution < 1.29 is 62.1 Å². The van der Waals surface area contributed by atoms with Crippen LogP contribution >= 0.6 is 0 Å². The number of phenols is 1. The zero-order valence-electron chi connectivity index (χ0n) is 35.0. The number of Topliss-reactive ketones (excluding diaryl/α,β-unsaturated/α-hetero) is 1. The van der Waals surface area contributed by atoms with E-state index in [4.69, 9.17) is 47.6 Å². The summed E-state index contributed by atoms with van der Waals surface area (Å²) in [6, 6.07) is 21.6. The molecule has 2 amide bonds. The highest BCUT2D eigenvalue weighted by atomic mass is 16.6. The zero-order chi connectivity index (χ0) is 43.0. The Morgan fingerprint density at radius 1 is 0.623 bits per heavy atom. The van der Waals surface area contributed by atoms with E-state index in [0.717, 1.165) is 18.4 Å². The van der Waals surface area contributed by atoms with Gasteiger partial charge in [0, 0.05) is 24.9 Å². The Morgan fingerprint density at radius 3 is 1.75 bits per heavy atom. The van der Waals surface area contributed by atoms with Crippen molar-refractivity contribution in [3.8, 4) is 11.5 Å². The maximum absolute atomic E-state index is 12.5. The number of nitrogens with zero attached hydrogens (tertiary/aromatic N) is 1. The van der Waals surface area contributed by atoms with Crippen LogP contribution in [0.15, 0.2) is 77.8 Å². The molecule has 1 heterocycles. The van der Waals surface area contributed by atoms with Crippen molar-refractivity contribution in [1.82, 2.24) is 5.32 Å². The first-order chi connectivity index (χ1) is 30.0. The summed E-state index contributed by atoms with van der Waals surface area (Å²) in [6.45, 7) is 7.03. The highest BCUT2D eigenvalue weighted by Crippen LogP contribution is 2.30. The van der Waals surface area contributed by atoms with Crippen molar-refractivity contribution in [2.24, 2.45) is 4.99 Å². The maximum atomic E-state index is 12.5. The summed E-state index contributed by atoms with van der Waals surface area (Å²) in [6.07, 6.45) is 2.59. The average molecular weight is 852 g/mol. The van der Waals surface area contributed by atoms with Gasteiger partial charge in [0.15, 0.2) is 6.61 Å². The molecule has 61 heavy (non-hydrogen) atoms. The first-order valence-corrected chi connectivity index (χ1v) is 20.8. The van der Waals surface area contributed by atoms with Crippen LogP contribution in [0.1, 0.15) is 36.8 Å². The highest BCUT2D eigenvalue weighted by molar-refractivity contribution is 6.17. The summed E-state index contributed by atoms with van der Waals surface area (Å²) in [5.74, 6) is 0.429. The molecule has 1 aliphatic rings. The van der Waals surface area contributed by atoms with Gasteiger partial charge in [0.2, 0.25) is 5.91 Å². The summed E-state index contributed by atoms with van der Waals surface area (Å²) < 4.78 is 49.8. The number of hydrogen-bond donors (Lipinski definition) is 3. The molecule has 3 aromatic carbocycles. The number of carbonyl (C=O) groups is 3. The number of carbonyl (C=O) groups excluding carboxylic acids is 3. The van der Waals surface area contributed by atoms with Crippen molar-refractivity contribution in [3.63, 3.8) is 0 Å². The summed E-state index contributed by atoms with van der Waals surface area (Å²) >= 11 is 0. The van der Waals surface area contributed by atoms with E-state index in [9.17, 15) is 19.5 Å². The van der Waals surface area contributed by atoms with Crippen molar-refractivity contribution >= 4 is 34.7 Å². The van der Waals surface area contributed by atoms with Crippen molar-refractivity contribution in [3.05, 3.63) is 83.9 Å². The predicted molar refractivity (Wildman–Crippen MR) is 228 cm³/mol. The molecule has 16 heteroatoms. The second-order valence-electron chi connectivity index (χ2n) is 13.6. The molecule has 334 valence electrons. The van der Waals surface area contributed by atoms with Gasteiger partial charge in [0.05, 0.1) is 129 Å². The fraction of sp³-hybridized carbons (Fsp3) is 0.511. The summed E-state index contributed by atoms with van der Waals surface area (Å²) in [7, 11) is 0. The number of ether oxygens (including phenoxy) is 9. The number of benzene rings is 3. The van der Waals surface area contributed by atoms with E-state index < -0.39 is 0 Å². The molecule has 0 atom stereocenters. The van der Waals surface area contributed by atoms with Gasteiger partial charge in [-0.1, -0.05) is 36.4 Å². The molecule has 16 nitrogen and oxygen atoms in total. The van der Waals surface area contributed by atoms with Gasteiger partial charge in [0.25, 0.3) is 5.91 Å². The zero-order valence-corrected chi connectivity index (χ0v) is 35.0. The van der Waals surface area contributed by atoms with Gasteiger partial charge >= 0.3 is 0 Å². The van der Waals surface area contributed by atoms with Gasteiger partial charge < -0.3 is 58.4 Å². The van der Waals surface area contributed by atoms with E-state index in [1.165, 1.54) is 0 Å². The number of amides is 2. The smallest absolute Gasteiger partial charge is 0.258 e. The minimum absolute atomic E-state index is 0.0822. The van der Waals surface area contributed by atoms with E-state index >= 15 is 0 Å². The Bertz CT molecular complexity index is 1720. The number of aromatic hydroxyl groups is 1. The lowest BCUT2D eigenvalue weighted by atomic mass is 10.1. The third-order valence-corrected chi connectivity index (χ3v) is 8.87. The largest absolute Gasteiger partial charge is 0.508 e. The SMILES string of the molecule is O=C(CCCc1ccc(O)cc1)CCOCCOCCOCCOCCOCCOCCOCCOCCNC(=O)COc1ccccc1C1=Nc2ccccc2NC(=O)C1. The minimum atomic E-state index is -0.296. The molecule has 0 aromatic heterocycles. The van der Waals surface area contributed by atoms with Gasteiger partial charge in [-0.25, -0.2) is 4.99 Å². The number of nitrogens with one attached hydrogen (secondary N) is 2. The van der Waals surface area contributed by atoms with Gasteiger partial charge in [-0.15, -0.1) is 0 Å². The van der Waals surface area contributed by atoms with Crippen molar-refractivity contribution in [2.45, 2.75) is 32.1 Å². The van der Waals surface area contributed by atoms with Crippen LogP contribution in [0.2, 0.25) is 0 Å². The number of fused-ring (bicyclic) bond motifs is 1. The summed E-state index contributed by atoms with van der Waals surface area (Å²) in [5.41, 5.74) is 3.63. The Balaban J connectivity index is 0.834. The number of anilines is 1. The predicted octanol–water partition coefficient (Wildman–Crippen LogP) is 4.47.